The summed E-state index contributed by atoms with van der Waals surface area (Å²) in [6, 6.07) is 9.71. The molecule has 2 rings (SSSR count). The molecule has 1 atom stereocenters. The lowest BCUT2D eigenvalue weighted by Gasteiger charge is -2.31. The van der Waals surface area contributed by atoms with Crippen molar-refractivity contribution < 1.29 is 4.74 Å². The molecule has 0 saturated heterocycles. The van der Waals surface area contributed by atoms with Gasteiger partial charge in [-0.05, 0) is 31.9 Å². The highest BCUT2D eigenvalue weighted by atomic mass is 16.5. The van der Waals surface area contributed by atoms with Gasteiger partial charge in [0.1, 0.15) is 0 Å². The number of rotatable bonds is 3. The van der Waals surface area contributed by atoms with Crippen LogP contribution in [0.1, 0.15) is 19.4 Å². The number of hydrogen-bond acceptors (Lipinski definition) is 2. The Kier molecular flexibility index (Phi) is 2.96. The van der Waals surface area contributed by atoms with Crippen LogP contribution in [0, 0.1) is 0 Å². The van der Waals surface area contributed by atoms with E-state index in [0.29, 0.717) is 12.1 Å². The summed E-state index contributed by atoms with van der Waals surface area (Å²) >= 11 is 0. The Hall–Kier alpha value is -1.02. The number of anilines is 1. The Balaban J connectivity index is 2.29. The van der Waals surface area contributed by atoms with E-state index in [-0.39, 0.29) is 0 Å². The molecule has 2 nitrogen and oxygen atoms in total. The fourth-order valence-corrected chi connectivity index (χ4v) is 2.52. The van der Waals surface area contributed by atoms with E-state index in [1.165, 1.54) is 11.3 Å². The smallest absolute Gasteiger partial charge is 0.0669 e. The summed E-state index contributed by atoms with van der Waals surface area (Å²) in [4.78, 5) is 2.47. The third-order valence-corrected chi connectivity index (χ3v) is 3.03. The molecule has 0 radical (unpaired) electrons. The van der Waals surface area contributed by atoms with Gasteiger partial charge in [0.2, 0.25) is 0 Å². The summed E-state index contributed by atoms with van der Waals surface area (Å²) in [5, 5.41) is 0. The van der Waals surface area contributed by atoms with E-state index in [9.17, 15) is 0 Å². The van der Waals surface area contributed by atoms with Gasteiger partial charge in [-0.1, -0.05) is 18.2 Å². The number of benzene rings is 1. The fraction of sp³-hybridized carbons (Fsp3) is 0.538. The maximum absolute atomic E-state index is 5.30. The van der Waals surface area contributed by atoms with Crippen LogP contribution in [0.3, 0.4) is 0 Å². The summed E-state index contributed by atoms with van der Waals surface area (Å²) in [7, 11) is 1.78. The first-order chi connectivity index (χ1) is 7.24. The monoisotopic (exact) mass is 205 g/mol. The molecule has 1 heterocycles. The first kappa shape index (κ1) is 10.5. The molecular formula is C13H19NO. The fourth-order valence-electron chi connectivity index (χ4n) is 2.52. The van der Waals surface area contributed by atoms with E-state index in [2.05, 4.69) is 43.0 Å². The molecule has 1 aromatic carbocycles. The number of fused-ring (bicyclic) bond motifs is 1. The molecule has 0 amide bonds. The van der Waals surface area contributed by atoms with E-state index in [0.717, 1.165) is 13.0 Å². The molecule has 1 aromatic rings. The second-order valence-corrected chi connectivity index (χ2v) is 4.44. The lowest BCUT2D eigenvalue weighted by atomic mass is 10.1. The van der Waals surface area contributed by atoms with Crippen LogP contribution >= 0.6 is 0 Å². The van der Waals surface area contributed by atoms with Crippen LogP contribution in [0.2, 0.25) is 0 Å². The van der Waals surface area contributed by atoms with Crippen molar-refractivity contribution >= 4 is 5.69 Å². The predicted molar refractivity (Wildman–Crippen MR) is 63.4 cm³/mol. The first-order valence-electron chi connectivity index (χ1n) is 5.59. The minimum atomic E-state index is 0.507. The number of methoxy groups -OCH3 is 1. The van der Waals surface area contributed by atoms with E-state index in [4.69, 9.17) is 4.74 Å². The molecule has 0 spiro atoms. The van der Waals surface area contributed by atoms with Crippen LogP contribution in [0.5, 0.6) is 0 Å². The SMILES string of the molecule is COC[C@@H]1Cc2ccccc2N1C(C)C. The Morgan fingerprint density at radius 1 is 1.40 bits per heavy atom. The van der Waals surface area contributed by atoms with Gasteiger partial charge >= 0.3 is 0 Å². The highest BCUT2D eigenvalue weighted by Crippen LogP contribution is 2.33. The predicted octanol–water partition coefficient (Wildman–Crippen LogP) is 2.47. The molecule has 0 aromatic heterocycles. The minimum Gasteiger partial charge on any atom is -0.383 e. The van der Waals surface area contributed by atoms with Crippen molar-refractivity contribution in [2.24, 2.45) is 0 Å². The van der Waals surface area contributed by atoms with Crippen molar-refractivity contribution in [2.45, 2.75) is 32.4 Å². The Labute approximate surface area is 91.9 Å². The molecule has 0 aliphatic carbocycles. The summed E-state index contributed by atoms with van der Waals surface area (Å²) in [6.07, 6.45) is 1.11. The molecule has 0 N–H and O–H groups in total. The van der Waals surface area contributed by atoms with E-state index in [1.54, 1.807) is 7.11 Å². The average molecular weight is 205 g/mol. The number of nitrogens with zero attached hydrogens (tertiary/aromatic N) is 1. The van der Waals surface area contributed by atoms with Gasteiger partial charge in [-0.25, -0.2) is 0 Å². The van der Waals surface area contributed by atoms with Crippen molar-refractivity contribution in [3.8, 4) is 0 Å². The van der Waals surface area contributed by atoms with Crippen molar-refractivity contribution in [1.82, 2.24) is 0 Å². The Bertz CT molecular complexity index is 335. The molecule has 0 bridgehead atoms. The maximum Gasteiger partial charge on any atom is 0.0669 e. The second-order valence-electron chi connectivity index (χ2n) is 4.44. The van der Waals surface area contributed by atoms with E-state index in [1.807, 2.05) is 0 Å². The standard InChI is InChI=1S/C13H19NO/c1-10(2)14-12(9-15-3)8-11-6-4-5-7-13(11)14/h4-7,10,12H,8-9H2,1-3H3/t12-/m0/s1. The zero-order valence-corrected chi connectivity index (χ0v) is 9.73. The molecule has 2 heteroatoms. The van der Waals surface area contributed by atoms with Crippen molar-refractivity contribution in [1.29, 1.82) is 0 Å². The van der Waals surface area contributed by atoms with Gasteiger partial charge in [0.05, 0.1) is 12.6 Å². The summed E-state index contributed by atoms with van der Waals surface area (Å²) in [5.74, 6) is 0. The highest BCUT2D eigenvalue weighted by Gasteiger charge is 2.30. The molecule has 82 valence electrons. The molecule has 0 fully saturated rings. The van der Waals surface area contributed by atoms with E-state index >= 15 is 0 Å². The minimum absolute atomic E-state index is 0.507. The zero-order valence-electron chi connectivity index (χ0n) is 9.73. The van der Waals surface area contributed by atoms with Crippen LogP contribution in [0.25, 0.3) is 0 Å². The summed E-state index contributed by atoms with van der Waals surface area (Å²) < 4.78 is 5.30. The average Bonchev–Trinajstić information content (AvgIpc) is 2.56. The van der Waals surface area contributed by atoms with Gasteiger partial charge in [-0.3, -0.25) is 0 Å². The van der Waals surface area contributed by atoms with Crippen molar-refractivity contribution in [2.75, 3.05) is 18.6 Å². The second kappa shape index (κ2) is 4.23. The Morgan fingerprint density at radius 2 is 2.13 bits per heavy atom. The normalized spacial score (nSPS) is 19.7. The van der Waals surface area contributed by atoms with Gasteiger partial charge in [0, 0.05) is 18.8 Å². The van der Waals surface area contributed by atoms with Crippen LogP contribution in [0.15, 0.2) is 24.3 Å². The van der Waals surface area contributed by atoms with Gasteiger partial charge in [-0.2, -0.15) is 0 Å². The van der Waals surface area contributed by atoms with Crippen LogP contribution in [-0.2, 0) is 11.2 Å². The van der Waals surface area contributed by atoms with Crippen LogP contribution in [0.4, 0.5) is 5.69 Å². The van der Waals surface area contributed by atoms with Gasteiger partial charge in [0.15, 0.2) is 0 Å². The van der Waals surface area contributed by atoms with Gasteiger partial charge in [0.25, 0.3) is 0 Å². The maximum atomic E-state index is 5.30. The van der Waals surface area contributed by atoms with Crippen LogP contribution < -0.4 is 4.90 Å². The third-order valence-electron chi connectivity index (χ3n) is 3.03. The lowest BCUT2D eigenvalue weighted by molar-refractivity contribution is 0.177. The number of hydrogen-bond donors (Lipinski definition) is 0. The molecule has 15 heavy (non-hydrogen) atoms. The number of ether oxygens (including phenoxy) is 1. The molecular weight excluding hydrogens is 186 g/mol. The van der Waals surface area contributed by atoms with Crippen LogP contribution in [-0.4, -0.2) is 25.8 Å². The van der Waals surface area contributed by atoms with Crippen molar-refractivity contribution in [3.05, 3.63) is 29.8 Å². The molecule has 1 aliphatic rings. The highest BCUT2D eigenvalue weighted by molar-refractivity contribution is 5.60. The van der Waals surface area contributed by atoms with E-state index < -0.39 is 0 Å². The first-order valence-corrected chi connectivity index (χ1v) is 5.59. The van der Waals surface area contributed by atoms with Gasteiger partial charge in [-0.15, -0.1) is 0 Å². The summed E-state index contributed by atoms with van der Waals surface area (Å²) in [5.41, 5.74) is 2.84. The van der Waals surface area contributed by atoms with Gasteiger partial charge < -0.3 is 9.64 Å². The van der Waals surface area contributed by atoms with Crippen molar-refractivity contribution in [3.63, 3.8) is 0 Å². The Morgan fingerprint density at radius 3 is 2.80 bits per heavy atom. The zero-order chi connectivity index (χ0) is 10.8. The third kappa shape index (κ3) is 1.86. The summed E-state index contributed by atoms with van der Waals surface area (Å²) in [6.45, 7) is 5.29. The molecule has 0 saturated carbocycles. The topological polar surface area (TPSA) is 12.5 Å². The lowest BCUT2D eigenvalue weighted by Crippen LogP contribution is -2.40. The number of para-hydroxylation sites is 1. The largest absolute Gasteiger partial charge is 0.383 e. The molecule has 1 aliphatic heterocycles. The molecule has 0 unspecified atom stereocenters. The quantitative estimate of drug-likeness (QED) is 0.751.